The van der Waals surface area contributed by atoms with E-state index >= 15 is 0 Å². The molecule has 2 nitrogen and oxygen atoms in total. The van der Waals surface area contributed by atoms with Gasteiger partial charge < -0.3 is 9.13 Å². The lowest BCUT2D eigenvalue weighted by molar-refractivity contribution is 1.18. The van der Waals surface area contributed by atoms with Crippen LogP contribution in [0.5, 0.6) is 0 Å². The van der Waals surface area contributed by atoms with Gasteiger partial charge in [0.2, 0.25) is 0 Å². The fourth-order valence-electron chi connectivity index (χ4n) is 7.28. The molecule has 0 unspecified atom stereocenters. The van der Waals surface area contributed by atoms with E-state index in [9.17, 15) is 4.11 Å². The molecule has 2 heterocycles. The van der Waals surface area contributed by atoms with Crippen molar-refractivity contribution < 1.29 is 11.0 Å². The lowest BCUT2D eigenvalue weighted by atomic mass is 9.97. The average Bonchev–Trinajstić information content (AvgIpc) is 3.79. The first kappa shape index (κ1) is 21.4. The number of aromatic nitrogens is 2. The van der Waals surface area contributed by atoms with E-state index in [0.29, 0.717) is 38.6 Å². The third-order valence-electron chi connectivity index (χ3n) is 9.53. The van der Waals surface area contributed by atoms with E-state index in [1.807, 2.05) is 89.5 Å². The fourth-order valence-corrected chi connectivity index (χ4v) is 7.28. The summed E-state index contributed by atoms with van der Waals surface area (Å²) >= 11 is 0. The van der Waals surface area contributed by atoms with Crippen molar-refractivity contribution in [1.29, 1.82) is 0 Å². The Labute approximate surface area is 302 Å². The van der Waals surface area contributed by atoms with Crippen molar-refractivity contribution in [3.05, 3.63) is 194 Å². The van der Waals surface area contributed by atoms with Crippen LogP contribution in [0.1, 0.15) is 11.0 Å². The van der Waals surface area contributed by atoms with E-state index in [1.54, 1.807) is 12.1 Å². The number of fused-ring (bicyclic) bond motifs is 6. The highest BCUT2D eigenvalue weighted by molar-refractivity contribution is 6.17. The molecule has 0 atom stereocenters. The molecule has 0 amide bonds. The van der Waals surface area contributed by atoms with E-state index in [-0.39, 0.29) is 41.3 Å². The Balaban J connectivity index is 1.25. The molecule has 10 aromatic rings. The molecular weight excluding hydrogens is 605 g/mol. The summed E-state index contributed by atoms with van der Waals surface area (Å²) in [6.45, 7) is 0. The number of nitrogens with zero attached hydrogens (tertiary/aromatic N) is 2. The fraction of sp³-hybridized carbons (Fsp3) is 0. The van der Waals surface area contributed by atoms with Crippen LogP contribution in [0.25, 0.3) is 88.4 Å². The van der Waals surface area contributed by atoms with E-state index in [0.717, 1.165) is 38.6 Å². The molecule has 10 rings (SSSR count). The molecule has 2 aromatic heterocycles. The summed E-state index contributed by atoms with van der Waals surface area (Å²) in [4.78, 5) is 0. The quantitative estimate of drug-likeness (QED) is 0.176. The van der Waals surface area contributed by atoms with Gasteiger partial charge >= 0.3 is 0 Å². The van der Waals surface area contributed by atoms with Crippen LogP contribution in [-0.2, 0) is 0 Å². The van der Waals surface area contributed by atoms with Crippen molar-refractivity contribution in [2.45, 2.75) is 0 Å². The van der Waals surface area contributed by atoms with E-state index in [2.05, 4.69) is 53.1 Å². The molecule has 0 bridgehead atoms. The van der Waals surface area contributed by atoms with Crippen LogP contribution < -0.4 is 0 Å². The smallest absolute Gasteiger partial charge is 0.0645 e. The maximum absolute atomic E-state index is 9.94. The Bertz CT molecular complexity index is 3270. The van der Waals surface area contributed by atoms with Crippen LogP contribution in [0.15, 0.2) is 194 Å². The van der Waals surface area contributed by atoms with Gasteiger partial charge in [0.05, 0.1) is 33.0 Å². The summed E-state index contributed by atoms with van der Waals surface area (Å²) in [6, 6.07) is 45.2. The summed E-state index contributed by atoms with van der Waals surface area (Å²) in [5.74, 6) is 0. The SMILES string of the molecule is [2H]c1c([2H])c([2H])c(-c2cccc3c2c2c([2H])c(-c4ccc5c(c4)c4ccccc4n5-c4ccc(-c5ccccc5)cc4)c([2H])c([2H])c2n3-c2ccccc2)c([2H])c1[2H]. The molecule has 2 heteroatoms. The van der Waals surface area contributed by atoms with E-state index < -0.39 is 18.1 Å². The molecule has 234 valence electrons. The van der Waals surface area contributed by atoms with Crippen molar-refractivity contribution in [2.24, 2.45) is 0 Å². The predicted octanol–water partition coefficient (Wildman–Crippen LogP) is 12.9. The molecule has 0 fully saturated rings. The highest BCUT2D eigenvalue weighted by Crippen LogP contribution is 2.41. The predicted molar refractivity (Wildman–Crippen MR) is 211 cm³/mol. The van der Waals surface area contributed by atoms with Crippen LogP contribution in [0.3, 0.4) is 0 Å². The second kappa shape index (κ2) is 11.5. The molecule has 0 spiro atoms. The van der Waals surface area contributed by atoms with Crippen molar-refractivity contribution >= 4 is 43.6 Å². The maximum Gasteiger partial charge on any atom is 0.0645 e. The third kappa shape index (κ3) is 4.50. The van der Waals surface area contributed by atoms with Crippen LogP contribution in [0.2, 0.25) is 0 Å². The molecule has 0 aliphatic rings. The highest BCUT2D eigenvalue weighted by Gasteiger charge is 2.18. The zero-order valence-corrected chi connectivity index (χ0v) is 26.8. The van der Waals surface area contributed by atoms with Gasteiger partial charge in [-0.25, -0.2) is 0 Å². The topological polar surface area (TPSA) is 9.86 Å². The molecule has 0 N–H and O–H groups in total. The van der Waals surface area contributed by atoms with Gasteiger partial charge in [-0.3, -0.25) is 0 Å². The Kier molecular flexibility index (Phi) is 4.91. The van der Waals surface area contributed by atoms with Crippen molar-refractivity contribution in [3.63, 3.8) is 0 Å². The Morgan fingerprint density at radius 1 is 0.360 bits per heavy atom. The Morgan fingerprint density at radius 3 is 1.82 bits per heavy atom. The minimum absolute atomic E-state index is 0.00934. The minimum atomic E-state index is -0.491. The Morgan fingerprint density at radius 2 is 1.00 bits per heavy atom. The summed E-state index contributed by atoms with van der Waals surface area (Å²) in [6.07, 6.45) is 0. The molecule has 0 saturated carbocycles. The number of hydrogen-bond acceptors (Lipinski definition) is 0. The summed E-state index contributed by atoms with van der Waals surface area (Å²) in [5, 5.41) is 2.76. The minimum Gasteiger partial charge on any atom is -0.309 e. The number of hydrogen-bond donors (Lipinski definition) is 0. The van der Waals surface area contributed by atoms with Gasteiger partial charge in [-0.05, 0) is 94.0 Å². The maximum atomic E-state index is 9.94. The van der Waals surface area contributed by atoms with Gasteiger partial charge in [-0.2, -0.15) is 0 Å². The number of benzene rings is 8. The van der Waals surface area contributed by atoms with Gasteiger partial charge in [0.15, 0.2) is 0 Å². The van der Waals surface area contributed by atoms with Gasteiger partial charge in [0, 0.05) is 32.9 Å². The first-order valence-electron chi connectivity index (χ1n) is 20.5. The molecule has 0 saturated heterocycles. The molecule has 0 radical (unpaired) electrons. The van der Waals surface area contributed by atoms with Crippen molar-refractivity contribution in [1.82, 2.24) is 9.13 Å². The first-order valence-corrected chi connectivity index (χ1v) is 16.5. The largest absolute Gasteiger partial charge is 0.309 e. The third-order valence-corrected chi connectivity index (χ3v) is 9.53. The lowest BCUT2D eigenvalue weighted by Gasteiger charge is -2.10. The van der Waals surface area contributed by atoms with Crippen LogP contribution >= 0.6 is 0 Å². The zero-order valence-electron chi connectivity index (χ0n) is 34.8. The van der Waals surface area contributed by atoms with E-state index in [4.69, 9.17) is 6.85 Å². The van der Waals surface area contributed by atoms with Gasteiger partial charge in [-0.1, -0.05) is 133 Å². The molecular formula is C48H32N2. The lowest BCUT2D eigenvalue weighted by Crippen LogP contribution is -1.94. The van der Waals surface area contributed by atoms with Crippen molar-refractivity contribution in [3.8, 4) is 44.8 Å². The molecule has 50 heavy (non-hydrogen) atoms. The average molecular weight is 645 g/mol. The van der Waals surface area contributed by atoms with Crippen LogP contribution in [0, 0.1) is 0 Å². The molecule has 8 aromatic carbocycles. The first-order chi connectivity index (χ1) is 28.2. The number of rotatable bonds is 5. The van der Waals surface area contributed by atoms with Gasteiger partial charge in [0.25, 0.3) is 0 Å². The molecule has 0 aliphatic heterocycles. The second-order valence-corrected chi connectivity index (χ2v) is 12.3. The number of para-hydroxylation sites is 2. The van der Waals surface area contributed by atoms with E-state index in [1.165, 1.54) is 0 Å². The summed E-state index contributed by atoms with van der Waals surface area (Å²) < 4.78 is 76.0. The summed E-state index contributed by atoms with van der Waals surface area (Å²) in [7, 11) is 0. The van der Waals surface area contributed by atoms with Gasteiger partial charge in [0.1, 0.15) is 0 Å². The second-order valence-electron chi connectivity index (χ2n) is 12.3. The standard InChI is InChI=1S/C48H32N2/c1-4-13-33(14-5-1)34-23-27-39(28-24-34)49-44-21-11-10-19-41(44)42-31-36(25-29-45(42)49)37-26-30-46-43(32-37)48-40(35-15-6-2-7-16-35)20-12-22-47(48)50(46)38-17-8-3-9-18-38/h1-32H/i2D,6D,7D,15D,16D,26D,30D,32D. The van der Waals surface area contributed by atoms with Crippen LogP contribution in [-0.4, -0.2) is 9.13 Å². The van der Waals surface area contributed by atoms with Crippen molar-refractivity contribution in [2.75, 3.05) is 0 Å². The Hall–Kier alpha value is -6.64. The highest BCUT2D eigenvalue weighted by atomic mass is 15.0. The zero-order chi connectivity index (χ0) is 40.0. The van der Waals surface area contributed by atoms with Gasteiger partial charge in [-0.15, -0.1) is 0 Å². The normalized spacial score (nSPS) is 13.8. The monoisotopic (exact) mass is 644 g/mol. The molecule has 0 aliphatic carbocycles. The van der Waals surface area contributed by atoms with Crippen LogP contribution in [0.4, 0.5) is 0 Å². The summed E-state index contributed by atoms with van der Waals surface area (Å²) in [5.41, 5.74) is 8.04.